The molecule has 3 rings (SSSR count). The van der Waals surface area contributed by atoms with Crippen molar-refractivity contribution in [2.75, 3.05) is 31.5 Å². The Bertz CT molecular complexity index is 697. The second-order valence-corrected chi connectivity index (χ2v) is 7.22. The van der Waals surface area contributed by atoms with Gasteiger partial charge in [0, 0.05) is 12.2 Å². The van der Waals surface area contributed by atoms with Gasteiger partial charge in [-0.05, 0) is 81.1 Å². The van der Waals surface area contributed by atoms with Crippen molar-refractivity contribution in [3.63, 3.8) is 0 Å². The highest BCUT2D eigenvalue weighted by Gasteiger charge is 2.19. The van der Waals surface area contributed by atoms with Crippen LogP contribution in [0.4, 0.5) is 14.9 Å². The van der Waals surface area contributed by atoms with Crippen LogP contribution in [-0.4, -0.2) is 37.1 Å². The molecule has 2 N–H and O–H groups in total. The molecule has 4 nitrogen and oxygen atoms in total. The van der Waals surface area contributed by atoms with E-state index < -0.39 is 0 Å². The van der Waals surface area contributed by atoms with Crippen LogP contribution in [0.3, 0.4) is 0 Å². The number of benzene rings is 2. The van der Waals surface area contributed by atoms with Crippen molar-refractivity contribution in [3.8, 4) is 0 Å². The molecule has 0 spiro atoms. The van der Waals surface area contributed by atoms with Crippen LogP contribution < -0.4 is 10.6 Å². The van der Waals surface area contributed by atoms with Crippen LogP contribution in [0.2, 0.25) is 0 Å². The monoisotopic (exact) mass is 369 g/mol. The molecular weight excluding hydrogens is 341 g/mol. The van der Waals surface area contributed by atoms with Crippen molar-refractivity contribution in [1.82, 2.24) is 10.2 Å². The van der Waals surface area contributed by atoms with Gasteiger partial charge in [0.1, 0.15) is 5.82 Å². The van der Waals surface area contributed by atoms with Crippen LogP contribution >= 0.6 is 0 Å². The molecule has 0 aromatic heterocycles. The predicted octanol–water partition coefficient (Wildman–Crippen LogP) is 4.29. The highest BCUT2D eigenvalue weighted by Crippen LogP contribution is 2.21. The zero-order valence-corrected chi connectivity index (χ0v) is 15.7. The number of amides is 2. The highest BCUT2D eigenvalue weighted by atomic mass is 19.1. The average molecular weight is 369 g/mol. The first-order valence-electron chi connectivity index (χ1n) is 9.76. The minimum atomic E-state index is -0.312. The number of nitrogens with zero attached hydrogens (tertiary/aromatic N) is 1. The lowest BCUT2D eigenvalue weighted by atomic mass is 9.90. The minimum absolute atomic E-state index is 0.247. The lowest BCUT2D eigenvalue weighted by Crippen LogP contribution is -2.37. The summed E-state index contributed by atoms with van der Waals surface area (Å²) in [5.41, 5.74) is 2.03. The third-order valence-corrected chi connectivity index (χ3v) is 5.11. The number of rotatable bonds is 7. The van der Waals surface area contributed by atoms with E-state index in [1.165, 1.54) is 37.0 Å². The molecule has 0 saturated carbocycles. The molecule has 27 heavy (non-hydrogen) atoms. The summed E-state index contributed by atoms with van der Waals surface area (Å²) in [7, 11) is 0. The number of carbonyl (C=O) groups excluding carboxylic acids is 1. The van der Waals surface area contributed by atoms with Crippen molar-refractivity contribution in [2.45, 2.75) is 25.7 Å². The largest absolute Gasteiger partial charge is 0.338 e. The zero-order chi connectivity index (χ0) is 18.9. The Kier molecular flexibility index (Phi) is 7.22. The molecule has 0 bridgehead atoms. The van der Waals surface area contributed by atoms with Gasteiger partial charge in [-0.25, -0.2) is 9.18 Å². The number of piperidine rings is 1. The maximum atomic E-state index is 12.8. The Morgan fingerprint density at radius 1 is 1.04 bits per heavy atom. The molecule has 1 heterocycles. The zero-order valence-electron chi connectivity index (χ0n) is 15.7. The summed E-state index contributed by atoms with van der Waals surface area (Å²) < 4.78 is 12.8. The number of hydrogen-bond acceptors (Lipinski definition) is 2. The van der Waals surface area contributed by atoms with Crippen molar-refractivity contribution in [1.29, 1.82) is 0 Å². The first-order chi connectivity index (χ1) is 13.2. The Balaban J connectivity index is 1.27. The molecule has 2 amide bonds. The third-order valence-electron chi connectivity index (χ3n) is 5.11. The number of carbonyl (C=O) groups is 1. The van der Waals surface area contributed by atoms with Crippen molar-refractivity contribution < 1.29 is 9.18 Å². The molecule has 0 unspecified atom stereocenters. The van der Waals surface area contributed by atoms with Crippen LogP contribution in [-0.2, 0) is 6.42 Å². The van der Waals surface area contributed by atoms with E-state index in [1.807, 2.05) is 0 Å². The lowest BCUT2D eigenvalue weighted by molar-refractivity contribution is 0.182. The van der Waals surface area contributed by atoms with Gasteiger partial charge in [-0.15, -0.1) is 0 Å². The number of halogens is 1. The SMILES string of the molecule is O=C(NCCCN1CCC(Cc2ccccc2)CC1)Nc1ccc(F)cc1. The maximum Gasteiger partial charge on any atom is 0.319 e. The van der Waals surface area contributed by atoms with Gasteiger partial charge in [-0.3, -0.25) is 0 Å². The van der Waals surface area contributed by atoms with Gasteiger partial charge >= 0.3 is 6.03 Å². The Morgan fingerprint density at radius 2 is 1.74 bits per heavy atom. The summed E-state index contributed by atoms with van der Waals surface area (Å²) in [4.78, 5) is 14.3. The van der Waals surface area contributed by atoms with Gasteiger partial charge in [0.2, 0.25) is 0 Å². The summed E-state index contributed by atoms with van der Waals surface area (Å²) in [6.07, 6.45) is 4.60. The molecule has 5 heteroatoms. The molecule has 0 aliphatic carbocycles. The molecule has 1 aliphatic rings. The summed E-state index contributed by atoms with van der Waals surface area (Å²) in [5.74, 6) is 0.469. The fourth-order valence-electron chi connectivity index (χ4n) is 3.57. The molecule has 2 aromatic rings. The molecule has 0 atom stereocenters. The quantitative estimate of drug-likeness (QED) is 0.715. The second-order valence-electron chi connectivity index (χ2n) is 7.22. The van der Waals surface area contributed by atoms with Gasteiger partial charge in [-0.2, -0.15) is 0 Å². The molecule has 1 saturated heterocycles. The Labute approximate surface area is 160 Å². The van der Waals surface area contributed by atoms with E-state index in [4.69, 9.17) is 0 Å². The van der Waals surface area contributed by atoms with Crippen LogP contribution in [0.1, 0.15) is 24.8 Å². The predicted molar refractivity (Wildman–Crippen MR) is 107 cm³/mol. The topological polar surface area (TPSA) is 44.4 Å². The van der Waals surface area contributed by atoms with E-state index in [2.05, 4.69) is 45.9 Å². The Morgan fingerprint density at radius 3 is 2.44 bits per heavy atom. The number of nitrogens with one attached hydrogen (secondary N) is 2. The van der Waals surface area contributed by atoms with Crippen molar-refractivity contribution in [2.24, 2.45) is 5.92 Å². The van der Waals surface area contributed by atoms with E-state index in [0.717, 1.165) is 32.0 Å². The summed E-state index contributed by atoms with van der Waals surface area (Å²) >= 11 is 0. The van der Waals surface area contributed by atoms with Crippen LogP contribution in [0.5, 0.6) is 0 Å². The minimum Gasteiger partial charge on any atom is -0.338 e. The van der Waals surface area contributed by atoms with E-state index in [9.17, 15) is 9.18 Å². The van der Waals surface area contributed by atoms with Crippen LogP contribution in [0.15, 0.2) is 54.6 Å². The van der Waals surface area contributed by atoms with Gasteiger partial charge in [0.15, 0.2) is 0 Å². The van der Waals surface area contributed by atoms with Crippen molar-refractivity contribution >= 4 is 11.7 Å². The van der Waals surface area contributed by atoms with Gasteiger partial charge in [-0.1, -0.05) is 30.3 Å². The highest BCUT2D eigenvalue weighted by molar-refractivity contribution is 5.89. The summed E-state index contributed by atoms with van der Waals surface area (Å²) in [6.45, 7) is 3.92. The smallest absolute Gasteiger partial charge is 0.319 e. The molecular formula is C22H28FN3O. The lowest BCUT2D eigenvalue weighted by Gasteiger charge is -2.32. The summed E-state index contributed by atoms with van der Waals surface area (Å²) in [5, 5.41) is 5.56. The van der Waals surface area contributed by atoms with Crippen LogP contribution in [0.25, 0.3) is 0 Å². The molecule has 0 radical (unpaired) electrons. The van der Waals surface area contributed by atoms with Gasteiger partial charge < -0.3 is 15.5 Å². The summed E-state index contributed by atoms with van der Waals surface area (Å²) in [6, 6.07) is 16.2. The third kappa shape index (κ3) is 6.68. The molecule has 2 aromatic carbocycles. The first kappa shape index (κ1) is 19.4. The van der Waals surface area contributed by atoms with Gasteiger partial charge in [0.05, 0.1) is 0 Å². The maximum absolute atomic E-state index is 12.8. The number of likely N-dealkylation sites (tertiary alicyclic amines) is 1. The average Bonchev–Trinajstić information content (AvgIpc) is 2.69. The molecule has 1 aliphatic heterocycles. The standard InChI is InChI=1S/C22H28FN3O/c23-20-7-9-21(10-8-20)25-22(27)24-13-4-14-26-15-11-19(12-16-26)17-18-5-2-1-3-6-18/h1-3,5-10,19H,4,11-17H2,(H2,24,25,27). The fourth-order valence-corrected chi connectivity index (χ4v) is 3.57. The molecule has 144 valence electrons. The van der Waals surface area contributed by atoms with E-state index >= 15 is 0 Å². The van der Waals surface area contributed by atoms with E-state index in [1.54, 1.807) is 12.1 Å². The van der Waals surface area contributed by atoms with Crippen molar-refractivity contribution in [3.05, 3.63) is 66.0 Å². The Hall–Kier alpha value is -2.40. The fraction of sp³-hybridized carbons (Fsp3) is 0.409. The van der Waals surface area contributed by atoms with E-state index in [0.29, 0.717) is 12.2 Å². The second kappa shape index (κ2) is 10.1. The molecule has 1 fully saturated rings. The van der Waals surface area contributed by atoms with E-state index in [-0.39, 0.29) is 11.8 Å². The first-order valence-corrected chi connectivity index (χ1v) is 9.76. The normalized spacial score (nSPS) is 15.4. The number of anilines is 1. The number of hydrogen-bond donors (Lipinski definition) is 2. The van der Waals surface area contributed by atoms with Crippen LogP contribution in [0, 0.1) is 11.7 Å². The van der Waals surface area contributed by atoms with Gasteiger partial charge in [0.25, 0.3) is 0 Å². The number of urea groups is 1.